The Labute approximate surface area is 100 Å². The Morgan fingerprint density at radius 3 is 2.94 bits per heavy atom. The first-order chi connectivity index (χ1) is 8.04. The monoisotopic (exact) mass is 233 g/mol. The minimum Gasteiger partial charge on any atom is -0.397 e. The lowest BCUT2D eigenvalue weighted by atomic mass is 10.2. The molecule has 0 atom stereocenters. The molecule has 0 unspecified atom stereocenters. The van der Waals surface area contributed by atoms with Gasteiger partial charge in [0.25, 0.3) is 0 Å². The Balaban J connectivity index is 2.58. The quantitative estimate of drug-likeness (QED) is 0.786. The number of carbonyl (C=O) groups excluding carboxylic acids is 1. The van der Waals surface area contributed by atoms with Gasteiger partial charge < -0.3 is 16.0 Å². The van der Waals surface area contributed by atoms with Crippen molar-refractivity contribution in [3.63, 3.8) is 0 Å². The van der Waals surface area contributed by atoms with Gasteiger partial charge in [0.2, 0.25) is 5.91 Å². The fourth-order valence-electron chi connectivity index (χ4n) is 1.22. The van der Waals surface area contributed by atoms with Crippen LogP contribution in [0.5, 0.6) is 0 Å². The van der Waals surface area contributed by atoms with E-state index in [1.807, 2.05) is 6.07 Å². The smallest absolute Gasteiger partial charge is 0.223 e. The van der Waals surface area contributed by atoms with E-state index in [4.69, 9.17) is 11.0 Å². The third-order valence-corrected chi connectivity index (χ3v) is 2.16. The van der Waals surface area contributed by atoms with Gasteiger partial charge in [-0.2, -0.15) is 5.26 Å². The standard InChI is InChI=1S/C11H15N5O/c1-16(2)10(17)3-4-14-11-8(6-12)5-9(13)7-15-11/h5,7H,3-4,13H2,1-2H3,(H,14,15). The molecule has 1 heterocycles. The van der Waals surface area contributed by atoms with Gasteiger partial charge in [0.1, 0.15) is 11.9 Å². The number of hydrogen-bond donors (Lipinski definition) is 2. The van der Waals surface area contributed by atoms with Crippen LogP contribution in [0.3, 0.4) is 0 Å². The highest BCUT2D eigenvalue weighted by Crippen LogP contribution is 2.13. The molecule has 0 aliphatic carbocycles. The van der Waals surface area contributed by atoms with Crippen molar-refractivity contribution in [2.24, 2.45) is 0 Å². The maximum Gasteiger partial charge on any atom is 0.223 e. The van der Waals surface area contributed by atoms with Crippen LogP contribution in [0.15, 0.2) is 12.3 Å². The molecule has 0 saturated heterocycles. The van der Waals surface area contributed by atoms with Gasteiger partial charge >= 0.3 is 0 Å². The van der Waals surface area contributed by atoms with E-state index in [0.717, 1.165) is 0 Å². The Kier molecular flexibility index (Phi) is 4.29. The summed E-state index contributed by atoms with van der Waals surface area (Å²) < 4.78 is 0. The topological polar surface area (TPSA) is 95.0 Å². The summed E-state index contributed by atoms with van der Waals surface area (Å²) in [6.45, 7) is 0.433. The van der Waals surface area contributed by atoms with Crippen molar-refractivity contribution in [2.75, 3.05) is 31.7 Å². The van der Waals surface area contributed by atoms with Crippen molar-refractivity contribution in [3.8, 4) is 6.07 Å². The molecule has 0 aliphatic heterocycles. The second-order valence-electron chi connectivity index (χ2n) is 3.74. The van der Waals surface area contributed by atoms with Crippen LogP contribution in [0.2, 0.25) is 0 Å². The Bertz CT molecular complexity index is 450. The number of nitrogen functional groups attached to an aromatic ring is 1. The number of nitrogens with two attached hydrogens (primary N) is 1. The third kappa shape index (κ3) is 3.65. The molecule has 0 saturated carbocycles. The first-order valence-corrected chi connectivity index (χ1v) is 5.14. The summed E-state index contributed by atoms with van der Waals surface area (Å²) in [6.07, 6.45) is 1.82. The number of carbonyl (C=O) groups is 1. The maximum absolute atomic E-state index is 11.3. The van der Waals surface area contributed by atoms with Crippen molar-refractivity contribution >= 4 is 17.4 Å². The molecular formula is C11H15N5O. The zero-order valence-electron chi connectivity index (χ0n) is 9.90. The number of rotatable bonds is 4. The molecule has 0 spiro atoms. The summed E-state index contributed by atoms with van der Waals surface area (Å²) in [4.78, 5) is 16.8. The van der Waals surface area contributed by atoms with Crippen molar-refractivity contribution in [2.45, 2.75) is 6.42 Å². The highest BCUT2D eigenvalue weighted by Gasteiger charge is 2.06. The highest BCUT2D eigenvalue weighted by atomic mass is 16.2. The molecule has 0 radical (unpaired) electrons. The van der Waals surface area contributed by atoms with Crippen LogP contribution in [0, 0.1) is 11.3 Å². The summed E-state index contributed by atoms with van der Waals surface area (Å²) in [6, 6.07) is 3.54. The average Bonchev–Trinajstić information content (AvgIpc) is 2.30. The lowest BCUT2D eigenvalue weighted by Crippen LogP contribution is -2.24. The molecule has 0 aromatic carbocycles. The molecule has 1 rings (SSSR count). The van der Waals surface area contributed by atoms with Crippen LogP contribution in [0.1, 0.15) is 12.0 Å². The average molecular weight is 233 g/mol. The van der Waals surface area contributed by atoms with Crippen molar-refractivity contribution in [1.29, 1.82) is 5.26 Å². The lowest BCUT2D eigenvalue weighted by Gasteiger charge is -2.11. The lowest BCUT2D eigenvalue weighted by molar-refractivity contribution is -0.128. The van der Waals surface area contributed by atoms with Gasteiger partial charge in [-0.05, 0) is 6.07 Å². The van der Waals surface area contributed by atoms with Crippen LogP contribution < -0.4 is 11.1 Å². The predicted octanol–water partition coefficient (Wildman–Crippen LogP) is 0.426. The van der Waals surface area contributed by atoms with E-state index in [-0.39, 0.29) is 5.91 Å². The van der Waals surface area contributed by atoms with E-state index in [1.165, 1.54) is 11.1 Å². The van der Waals surface area contributed by atoms with Crippen molar-refractivity contribution in [1.82, 2.24) is 9.88 Å². The Morgan fingerprint density at radius 2 is 2.35 bits per heavy atom. The van der Waals surface area contributed by atoms with E-state index in [0.29, 0.717) is 30.0 Å². The number of anilines is 2. The summed E-state index contributed by atoms with van der Waals surface area (Å²) in [5.41, 5.74) is 6.34. The second kappa shape index (κ2) is 5.70. The molecule has 1 amide bonds. The first kappa shape index (κ1) is 12.8. The van der Waals surface area contributed by atoms with Crippen LogP contribution in [-0.2, 0) is 4.79 Å². The fraction of sp³-hybridized carbons (Fsp3) is 0.364. The highest BCUT2D eigenvalue weighted by molar-refractivity contribution is 5.76. The number of pyridine rings is 1. The summed E-state index contributed by atoms with van der Waals surface area (Å²) in [7, 11) is 3.40. The summed E-state index contributed by atoms with van der Waals surface area (Å²) >= 11 is 0. The molecule has 0 bridgehead atoms. The molecule has 0 aliphatic rings. The molecule has 3 N–H and O–H groups in total. The predicted molar refractivity (Wildman–Crippen MR) is 65.2 cm³/mol. The van der Waals surface area contributed by atoms with E-state index in [1.54, 1.807) is 20.2 Å². The number of aromatic nitrogens is 1. The molecule has 1 aromatic heterocycles. The molecule has 0 fully saturated rings. The summed E-state index contributed by atoms with van der Waals surface area (Å²) in [5, 5.41) is 11.8. The fourth-order valence-corrected chi connectivity index (χ4v) is 1.22. The molecule has 6 heteroatoms. The van der Waals surface area contributed by atoms with Gasteiger partial charge in [0.15, 0.2) is 0 Å². The molecular weight excluding hydrogens is 218 g/mol. The number of nitrogens with one attached hydrogen (secondary N) is 1. The van der Waals surface area contributed by atoms with Crippen LogP contribution in [-0.4, -0.2) is 36.4 Å². The SMILES string of the molecule is CN(C)C(=O)CCNc1ncc(N)cc1C#N. The molecule has 90 valence electrons. The molecule has 17 heavy (non-hydrogen) atoms. The minimum absolute atomic E-state index is 0.0199. The first-order valence-electron chi connectivity index (χ1n) is 5.14. The second-order valence-corrected chi connectivity index (χ2v) is 3.74. The van der Waals surface area contributed by atoms with Gasteiger partial charge in [-0.1, -0.05) is 0 Å². The zero-order chi connectivity index (χ0) is 12.8. The largest absolute Gasteiger partial charge is 0.397 e. The minimum atomic E-state index is 0.0199. The zero-order valence-corrected chi connectivity index (χ0v) is 9.90. The third-order valence-electron chi connectivity index (χ3n) is 2.16. The summed E-state index contributed by atoms with van der Waals surface area (Å²) in [5.74, 6) is 0.472. The van der Waals surface area contributed by atoms with E-state index >= 15 is 0 Å². The van der Waals surface area contributed by atoms with Gasteiger partial charge in [-0.25, -0.2) is 4.98 Å². The van der Waals surface area contributed by atoms with Gasteiger partial charge in [-0.15, -0.1) is 0 Å². The van der Waals surface area contributed by atoms with Gasteiger partial charge in [0.05, 0.1) is 17.4 Å². The number of amides is 1. The van der Waals surface area contributed by atoms with Gasteiger partial charge in [-0.3, -0.25) is 4.79 Å². The van der Waals surface area contributed by atoms with Gasteiger partial charge in [0, 0.05) is 27.1 Å². The normalized spacial score (nSPS) is 9.47. The van der Waals surface area contributed by atoms with E-state index in [2.05, 4.69) is 10.3 Å². The number of nitriles is 1. The van der Waals surface area contributed by atoms with Crippen LogP contribution in [0.25, 0.3) is 0 Å². The molecule has 1 aromatic rings. The van der Waals surface area contributed by atoms with Crippen molar-refractivity contribution < 1.29 is 4.79 Å². The number of hydrogen-bond acceptors (Lipinski definition) is 5. The Hall–Kier alpha value is -2.29. The van der Waals surface area contributed by atoms with E-state index < -0.39 is 0 Å². The Morgan fingerprint density at radius 1 is 1.65 bits per heavy atom. The molecule has 6 nitrogen and oxygen atoms in total. The van der Waals surface area contributed by atoms with Crippen LogP contribution in [0.4, 0.5) is 11.5 Å². The number of nitrogens with zero attached hydrogens (tertiary/aromatic N) is 3. The van der Waals surface area contributed by atoms with Crippen molar-refractivity contribution in [3.05, 3.63) is 17.8 Å². The maximum atomic E-state index is 11.3. The van der Waals surface area contributed by atoms with Crippen LogP contribution >= 0.6 is 0 Å². The van der Waals surface area contributed by atoms with E-state index in [9.17, 15) is 4.79 Å².